The molecule has 3 saturated carbocycles. The molecule has 166 valence electrons. The summed E-state index contributed by atoms with van der Waals surface area (Å²) in [5.74, 6) is 2.41. The highest BCUT2D eigenvalue weighted by atomic mass is 16.5. The standard InChI is InChI=1S/C27H46O2/c1-18(2)27(28,29)17-13-19(3)22-11-12-23-21-10-9-20-8-6-7-15-25(20,4)24(21)14-16-26(22,23)5/h9,18-19,21-24,28-29H,6-8,10-17H2,1-5H3/t19-,21+,22-,23+,24+,25+,26-/m1/s1. The fraction of sp³-hybridized carbons (Fsp3) is 0.926. The lowest BCUT2D eigenvalue weighted by Gasteiger charge is -2.58. The van der Waals surface area contributed by atoms with Crippen molar-refractivity contribution in [2.45, 2.75) is 111 Å². The second-order valence-electron chi connectivity index (χ2n) is 12.2. The summed E-state index contributed by atoms with van der Waals surface area (Å²) in [6.45, 7) is 11.4. The summed E-state index contributed by atoms with van der Waals surface area (Å²) in [6, 6.07) is 0. The van der Waals surface area contributed by atoms with Crippen LogP contribution in [0.3, 0.4) is 0 Å². The zero-order valence-electron chi connectivity index (χ0n) is 19.7. The smallest absolute Gasteiger partial charge is 0.164 e. The van der Waals surface area contributed by atoms with Crippen LogP contribution in [-0.2, 0) is 0 Å². The van der Waals surface area contributed by atoms with Gasteiger partial charge >= 0.3 is 0 Å². The molecule has 2 N–H and O–H groups in total. The van der Waals surface area contributed by atoms with Gasteiger partial charge in [0, 0.05) is 12.3 Å². The fourth-order valence-corrected chi connectivity index (χ4v) is 8.60. The predicted octanol–water partition coefficient (Wildman–Crippen LogP) is 6.71. The minimum atomic E-state index is -1.51. The molecule has 0 amide bonds. The third-order valence-electron chi connectivity index (χ3n) is 10.7. The predicted molar refractivity (Wildman–Crippen MR) is 120 cm³/mol. The van der Waals surface area contributed by atoms with E-state index in [-0.39, 0.29) is 5.92 Å². The maximum Gasteiger partial charge on any atom is 0.164 e. The summed E-state index contributed by atoms with van der Waals surface area (Å²) in [5, 5.41) is 20.6. The molecule has 29 heavy (non-hydrogen) atoms. The van der Waals surface area contributed by atoms with Crippen LogP contribution in [0.15, 0.2) is 11.6 Å². The van der Waals surface area contributed by atoms with Gasteiger partial charge in [0.15, 0.2) is 5.79 Å². The Bertz CT molecular complexity index is 634. The van der Waals surface area contributed by atoms with Gasteiger partial charge in [-0.3, -0.25) is 0 Å². The van der Waals surface area contributed by atoms with Crippen molar-refractivity contribution >= 4 is 0 Å². The molecule has 3 fully saturated rings. The Balaban J connectivity index is 1.49. The van der Waals surface area contributed by atoms with Gasteiger partial charge in [-0.05, 0) is 98.2 Å². The van der Waals surface area contributed by atoms with Gasteiger partial charge in [-0.25, -0.2) is 0 Å². The molecule has 0 aliphatic heterocycles. The molecule has 7 atom stereocenters. The van der Waals surface area contributed by atoms with Crippen molar-refractivity contribution in [3.05, 3.63) is 11.6 Å². The second-order valence-corrected chi connectivity index (χ2v) is 12.2. The molecule has 0 aromatic carbocycles. The summed E-state index contributed by atoms with van der Waals surface area (Å²) in [4.78, 5) is 0. The molecule has 0 aromatic heterocycles. The minimum absolute atomic E-state index is 0.100. The molecule has 0 aromatic rings. The van der Waals surface area contributed by atoms with E-state index in [4.69, 9.17) is 0 Å². The Morgan fingerprint density at radius 2 is 1.79 bits per heavy atom. The van der Waals surface area contributed by atoms with Crippen molar-refractivity contribution in [3.63, 3.8) is 0 Å². The van der Waals surface area contributed by atoms with E-state index in [2.05, 4.69) is 26.8 Å². The Labute approximate surface area is 179 Å². The fourth-order valence-electron chi connectivity index (χ4n) is 8.60. The lowest BCUT2D eigenvalue weighted by atomic mass is 9.47. The van der Waals surface area contributed by atoms with Crippen molar-refractivity contribution in [2.24, 2.45) is 46.3 Å². The Kier molecular flexibility index (Phi) is 5.78. The van der Waals surface area contributed by atoms with E-state index >= 15 is 0 Å². The summed E-state index contributed by atoms with van der Waals surface area (Å²) in [5.41, 5.74) is 2.77. The maximum atomic E-state index is 10.3. The monoisotopic (exact) mass is 402 g/mol. The first kappa shape index (κ1) is 21.9. The molecular formula is C27H46O2. The zero-order chi connectivity index (χ0) is 21.0. The number of fused-ring (bicyclic) bond motifs is 5. The summed E-state index contributed by atoms with van der Waals surface area (Å²) in [6.07, 6.45) is 16.7. The molecule has 4 rings (SSSR count). The number of hydrogen-bond acceptors (Lipinski definition) is 2. The first-order valence-electron chi connectivity index (χ1n) is 12.7. The van der Waals surface area contributed by atoms with E-state index in [1.807, 2.05) is 19.4 Å². The second kappa shape index (κ2) is 7.66. The number of rotatable bonds is 5. The largest absolute Gasteiger partial charge is 0.365 e. The van der Waals surface area contributed by atoms with E-state index in [1.54, 1.807) is 0 Å². The lowest BCUT2D eigenvalue weighted by Crippen LogP contribution is -2.50. The maximum absolute atomic E-state index is 10.3. The van der Waals surface area contributed by atoms with Gasteiger partial charge in [0.1, 0.15) is 0 Å². The highest BCUT2D eigenvalue weighted by molar-refractivity contribution is 5.24. The number of allylic oxidation sites excluding steroid dienone is 2. The van der Waals surface area contributed by atoms with Crippen LogP contribution in [0.4, 0.5) is 0 Å². The molecule has 2 nitrogen and oxygen atoms in total. The topological polar surface area (TPSA) is 40.5 Å². The van der Waals surface area contributed by atoms with Gasteiger partial charge in [-0.1, -0.05) is 52.7 Å². The van der Waals surface area contributed by atoms with Crippen LogP contribution >= 0.6 is 0 Å². The highest BCUT2D eigenvalue weighted by Gasteiger charge is 2.58. The van der Waals surface area contributed by atoms with Crippen LogP contribution < -0.4 is 0 Å². The molecular weight excluding hydrogens is 356 g/mol. The molecule has 0 saturated heterocycles. The van der Waals surface area contributed by atoms with Gasteiger partial charge < -0.3 is 10.2 Å². The number of hydrogen-bond donors (Lipinski definition) is 2. The normalized spacial score (nSPS) is 43.4. The van der Waals surface area contributed by atoms with Gasteiger partial charge in [-0.15, -0.1) is 0 Å². The van der Waals surface area contributed by atoms with E-state index in [0.29, 0.717) is 23.2 Å². The molecule has 0 bridgehead atoms. The summed E-state index contributed by atoms with van der Waals surface area (Å²) in [7, 11) is 0. The first-order valence-corrected chi connectivity index (χ1v) is 12.7. The molecule has 4 aliphatic carbocycles. The quantitative estimate of drug-likeness (QED) is 0.396. The van der Waals surface area contributed by atoms with Crippen molar-refractivity contribution in [3.8, 4) is 0 Å². The van der Waals surface area contributed by atoms with Gasteiger partial charge in [0.25, 0.3) is 0 Å². The van der Waals surface area contributed by atoms with Crippen molar-refractivity contribution in [1.29, 1.82) is 0 Å². The van der Waals surface area contributed by atoms with E-state index in [0.717, 1.165) is 30.1 Å². The first-order chi connectivity index (χ1) is 13.6. The van der Waals surface area contributed by atoms with Gasteiger partial charge in [0.2, 0.25) is 0 Å². The number of aliphatic hydroxyl groups is 2. The van der Waals surface area contributed by atoms with Crippen molar-refractivity contribution < 1.29 is 10.2 Å². The Morgan fingerprint density at radius 3 is 2.52 bits per heavy atom. The third-order valence-corrected chi connectivity index (χ3v) is 10.7. The van der Waals surface area contributed by atoms with Crippen LogP contribution in [0.2, 0.25) is 0 Å². The van der Waals surface area contributed by atoms with Gasteiger partial charge in [0.05, 0.1) is 0 Å². The van der Waals surface area contributed by atoms with Crippen LogP contribution in [0.25, 0.3) is 0 Å². The SMILES string of the molecule is CC(C)C(O)(O)CC[C@@H](C)[C@H]1CC[C@H]2[C@@H]3CC=C4CCCC[C@]4(C)[C@H]3CC[C@]12C. The van der Waals surface area contributed by atoms with Crippen LogP contribution in [0.5, 0.6) is 0 Å². The Hall–Kier alpha value is -0.340. The average molecular weight is 403 g/mol. The van der Waals surface area contributed by atoms with Crippen molar-refractivity contribution in [1.82, 2.24) is 0 Å². The van der Waals surface area contributed by atoms with Crippen LogP contribution in [0.1, 0.15) is 105 Å². The molecule has 0 heterocycles. The molecule has 2 heteroatoms. The molecule has 0 radical (unpaired) electrons. The third kappa shape index (κ3) is 3.55. The summed E-state index contributed by atoms with van der Waals surface area (Å²) >= 11 is 0. The van der Waals surface area contributed by atoms with Crippen molar-refractivity contribution in [2.75, 3.05) is 0 Å². The lowest BCUT2D eigenvalue weighted by molar-refractivity contribution is -0.199. The minimum Gasteiger partial charge on any atom is -0.365 e. The average Bonchev–Trinajstić information content (AvgIpc) is 3.03. The van der Waals surface area contributed by atoms with Gasteiger partial charge in [-0.2, -0.15) is 0 Å². The van der Waals surface area contributed by atoms with Crippen LogP contribution in [0, 0.1) is 46.3 Å². The van der Waals surface area contributed by atoms with E-state index < -0.39 is 5.79 Å². The van der Waals surface area contributed by atoms with Crippen LogP contribution in [-0.4, -0.2) is 16.0 Å². The van der Waals surface area contributed by atoms with E-state index in [9.17, 15) is 10.2 Å². The molecule has 0 unspecified atom stereocenters. The highest BCUT2D eigenvalue weighted by Crippen LogP contribution is 2.67. The molecule has 4 aliphatic rings. The van der Waals surface area contributed by atoms with E-state index in [1.165, 1.54) is 57.8 Å². The summed E-state index contributed by atoms with van der Waals surface area (Å²) < 4.78 is 0. The molecule has 0 spiro atoms. The Morgan fingerprint density at radius 1 is 1.03 bits per heavy atom. The zero-order valence-corrected chi connectivity index (χ0v) is 19.7.